The van der Waals surface area contributed by atoms with Crippen molar-refractivity contribution in [3.8, 4) is 12.3 Å². The second kappa shape index (κ2) is 14.8. The number of ether oxygens (including phenoxy) is 1. The summed E-state index contributed by atoms with van der Waals surface area (Å²) < 4.78 is 6.03. The van der Waals surface area contributed by atoms with Crippen molar-refractivity contribution in [2.75, 3.05) is 63.9 Å². The maximum Gasteiger partial charge on any atom is 0.410 e. The Labute approximate surface area is 286 Å². The van der Waals surface area contributed by atoms with Crippen LogP contribution in [0.1, 0.15) is 55.2 Å². The molecule has 4 amide bonds. The van der Waals surface area contributed by atoms with Crippen LogP contribution in [0.5, 0.6) is 0 Å². The molecule has 3 saturated heterocycles. The van der Waals surface area contributed by atoms with Gasteiger partial charge < -0.3 is 35.4 Å². The maximum atomic E-state index is 14.0. The fourth-order valence-electron chi connectivity index (χ4n) is 7.66. The van der Waals surface area contributed by atoms with Gasteiger partial charge in [-0.1, -0.05) is 17.5 Å². The van der Waals surface area contributed by atoms with Gasteiger partial charge in [0.15, 0.2) is 6.10 Å². The Morgan fingerprint density at radius 1 is 1.02 bits per heavy atom. The van der Waals surface area contributed by atoms with Crippen LogP contribution < -0.4 is 11.1 Å². The van der Waals surface area contributed by atoms with E-state index >= 15 is 0 Å². The van der Waals surface area contributed by atoms with E-state index in [1.807, 2.05) is 15.2 Å². The maximum absolute atomic E-state index is 14.0. The van der Waals surface area contributed by atoms with Crippen molar-refractivity contribution in [2.45, 2.75) is 63.5 Å². The number of terminal acetylenes is 1. The Morgan fingerprint density at radius 2 is 1.68 bits per heavy atom. The van der Waals surface area contributed by atoms with Crippen molar-refractivity contribution in [2.24, 2.45) is 11.8 Å². The van der Waals surface area contributed by atoms with E-state index in [2.05, 4.69) is 28.6 Å². The summed E-state index contributed by atoms with van der Waals surface area (Å²) in [6.07, 6.45) is 10.7. The first-order valence-corrected chi connectivity index (χ1v) is 18.1. The molecule has 5 heterocycles. The number of nitrogens with one attached hydrogen (secondary N) is 1. The van der Waals surface area contributed by atoms with Gasteiger partial charge >= 0.3 is 12.1 Å². The molecule has 0 saturated carbocycles. The number of nitrogens with two attached hydrogens (primary N) is 1. The highest BCUT2D eigenvalue weighted by Gasteiger charge is 2.37. The first-order chi connectivity index (χ1) is 22.7. The van der Waals surface area contributed by atoms with Crippen LogP contribution in [0.25, 0.3) is 0 Å². The highest BCUT2D eigenvalue weighted by molar-refractivity contribution is 7.08. The van der Waals surface area contributed by atoms with E-state index in [0.29, 0.717) is 79.2 Å². The molecular formula is C35H45ClN6O4S. The number of carbonyl (C=O) groups is 3. The lowest BCUT2D eigenvalue weighted by Crippen LogP contribution is -2.52. The lowest BCUT2D eigenvalue weighted by molar-refractivity contribution is -0.142. The Hall–Kier alpha value is -3.46. The van der Waals surface area contributed by atoms with Gasteiger partial charge in [0.25, 0.3) is 5.91 Å². The van der Waals surface area contributed by atoms with Crippen LogP contribution in [-0.4, -0.2) is 103 Å². The van der Waals surface area contributed by atoms with E-state index in [0.717, 1.165) is 43.6 Å². The number of piperidine rings is 3. The minimum atomic E-state index is -1.03. The first kappa shape index (κ1) is 33.4. The van der Waals surface area contributed by atoms with E-state index in [9.17, 15) is 14.4 Å². The van der Waals surface area contributed by atoms with E-state index in [1.165, 1.54) is 12.8 Å². The number of nitrogens with zero attached hydrogens (tertiary/aromatic N) is 4. The minimum absolute atomic E-state index is 0.0223. The largest absolute Gasteiger partial charge is 0.436 e. The number of halogens is 1. The Bertz CT molecular complexity index is 1500. The minimum Gasteiger partial charge on any atom is -0.436 e. The molecule has 6 rings (SSSR count). The van der Waals surface area contributed by atoms with Crippen molar-refractivity contribution in [1.29, 1.82) is 0 Å². The number of fused-ring (bicyclic) bond motifs is 1. The summed E-state index contributed by atoms with van der Waals surface area (Å²) in [6.45, 7) is 5.07. The Balaban J connectivity index is 1.09. The number of amides is 4. The summed E-state index contributed by atoms with van der Waals surface area (Å²) in [5.41, 5.74) is 9.54. The standard InChI is InChI=1S/C35H45ClN6O4S/c1-3-24-18-23(19-29(36)32(24)37)20-31(33(43)40-13-6-26(7-14-40)25-4-11-39(2)12-5-25)46-35(45)41-15-9-28(10-16-41)42-17-8-27-21-47-22-30(27)38-34(42)44/h1,18-19,21-22,25-26,28,31H,4-17,20,37H2,2H3,(H,38,44)/t31-/m1/s1. The summed E-state index contributed by atoms with van der Waals surface area (Å²) >= 11 is 7.98. The number of hydrogen-bond donors (Lipinski definition) is 2. The summed E-state index contributed by atoms with van der Waals surface area (Å²) in [5, 5.41) is 7.39. The first-order valence-electron chi connectivity index (χ1n) is 16.8. The average molecular weight is 681 g/mol. The van der Waals surface area contributed by atoms with Crippen molar-refractivity contribution in [3.63, 3.8) is 0 Å². The second-order valence-corrected chi connectivity index (χ2v) is 14.6. The molecule has 4 aliphatic rings. The van der Waals surface area contributed by atoms with Gasteiger partial charge in [0.1, 0.15) is 0 Å². The van der Waals surface area contributed by atoms with Gasteiger partial charge in [0.2, 0.25) is 0 Å². The molecule has 12 heteroatoms. The quantitative estimate of drug-likeness (QED) is 0.323. The summed E-state index contributed by atoms with van der Waals surface area (Å²) in [6, 6.07) is 3.35. The topological polar surface area (TPSA) is 111 Å². The van der Waals surface area contributed by atoms with Crippen molar-refractivity contribution in [3.05, 3.63) is 44.6 Å². The molecule has 3 fully saturated rings. The van der Waals surface area contributed by atoms with Crippen molar-refractivity contribution in [1.82, 2.24) is 19.6 Å². The number of carbonyl (C=O) groups excluding carboxylic acids is 3. The van der Waals surface area contributed by atoms with Crippen LogP contribution >= 0.6 is 22.9 Å². The summed E-state index contributed by atoms with van der Waals surface area (Å²) in [4.78, 5) is 48.4. The van der Waals surface area contributed by atoms with Gasteiger partial charge in [-0.15, -0.1) is 17.8 Å². The molecule has 0 radical (unpaired) electrons. The number of anilines is 2. The zero-order valence-electron chi connectivity index (χ0n) is 27.1. The molecule has 252 valence electrons. The Kier molecular flexibility index (Phi) is 10.5. The fraction of sp³-hybridized carbons (Fsp3) is 0.571. The molecule has 0 unspecified atom stereocenters. The van der Waals surface area contributed by atoms with E-state index in [-0.39, 0.29) is 24.4 Å². The molecular weight excluding hydrogens is 636 g/mol. The number of nitrogen functional groups attached to an aromatic ring is 1. The average Bonchev–Trinajstić information content (AvgIpc) is 3.46. The van der Waals surface area contributed by atoms with Crippen LogP contribution in [0.3, 0.4) is 0 Å². The molecule has 1 aromatic carbocycles. The third-order valence-electron chi connectivity index (χ3n) is 10.6. The van der Waals surface area contributed by atoms with Gasteiger partial charge in [-0.3, -0.25) is 4.79 Å². The van der Waals surface area contributed by atoms with Gasteiger partial charge in [-0.25, -0.2) is 9.59 Å². The third-order valence-corrected chi connectivity index (χ3v) is 11.7. The predicted octanol–water partition coefficient (Wildman–Crippen LogP) is 5.15. The van der Waals surface area contributed by atoms with Gasteiger partial charge in [-0.05, 0) is 106 Å². The zero-order valence-corrected chi connectivity index (χ0v) is 28.7. The number of hydrogen-bond acceptors (Lipinski definition) is 7. The van der Waals surface area contributed by atoms with Crippen LogP contribution in [0.4, 0.5) is 21.0 Å². The number of likely N-dealkylation sites (tertiary alicyclic amines) is 3. The highest BCUT2D eigenvalue weighted by Crippen LogP contribution is 2.33. The second-order valence-electron chi connectivity index (χ2n) is 13.5. The molecule has 10 nitrogen and oxygen atoms in total. The summed E-state index contributed by atoms with van der Waals surface area (Å²) in [5.74, 6) is 3.68. The van der Waals surface area contributed by atoms with Crippen LogP contribution in [0, 0.1) is 24.2 Å². The fourth-order valence-corrected chi connectivity index (χ4v) is 8.73. The number of rotatable bonds is 6. The van der Waals surface area contributed by atoms with Gasteiger partial charge in [0.05, 0.1) is 16.4 Å². The van der Waals surface area contributed by atoms with Crippen molar-refractivity contribution >= 4 is 52.3 Å². The molecule has 0 bridgehead atoms. The van der Waals surface area contributed by atoms with Gasteiger partial charge in [-0.2, -0.15) is 0 Å². The van der Waals surface area contributed by atoms with E-state index in [1.54, 1.807) is 28.4 Å². The molecule has 0 aliphatic carbocycles. The normalized spacial score (nSPS) is 21.0. The number of thiophene rings is 1. The molecule has 4 aliphatic heterocycles. The monoisotopic (exact) mass is 680 g/mol. The predicted molar refractivity (Wildman–Crippen MR) is 186 cm³/mol. The smallest absolute Gasteiger partial charge is 0.410 e. The SMILES string of the molecule is C#Cc1cc(C[C@@H](OC(=O)N2CCC(N3CCc4cscc4NC3=O)CC2)C(=O)N2CCC(C3CCN(C)CC3)CC2)cc(Cl)c1N. The summed E-state index contributed by atoms with van der Waals surface area (Å²) in [7, 11) is 2.18. The number of benzene rings is 1. The molecule has 47 heavy (non-hydrogen) atoms. The van der Waals surface area contributed by atoms with Crippen LogP contribution in [-0.2, 0) is 22.4 Å². The molecule has 1 aromatic heterocycles. The number of urea groups is 1. The van der Waals surface area contributed by atoms with Crippen LogP contribution in [0.15, 0.2) is 22.9 Å². The lowest BCUT2D eigenvalue weighted by atomic mass is 9.79. The molecule has 3 N–H and O–H groups in total. The molecule has 0 spiro atoms. The van der Waals surface area contributed by atoms with Crippen molar-refractivity contribution < 1.29 is 19.1 Å². The van der Waals surface area contributed by atoms with Crippen LogP contribution in [0.2, 0.25) is 5.02 Å². The highest BCUT2D eigenvalue weighted by atomic mass is 35.5. The Morgan fingerprint density at radius 3 is 2.36 bits per heavy atom. The van der Waals surface area contributed by atoms with E-state index in [4.69, 9.17) is 28.5 Å². The zero-order chi connectivity index (χ0) is 33.1. The lowest BCUT2D eigenvalue weighted by Gasteiger charge is -2.40. The third kappa shape index (κ3) is 7.66. The molecule has 1 atom stereocenters. The van der Waals surface area contributed by atoms with E-state index < -0.39 is 12.2 Å². The molecule has 2 aromatic rings. The van der Waals surface area contributed by atoms with Gasteiger partial charge in [0, 0.05) is 56.1 Å².